The summed E-state index contributed by atoms with van der Waals surface area (Å²) in [4.78, 5) is 12.6. The minimum absolute atomic E-state index is 0.0766. The molecule has 146 valence electrons. The first-order valence-electron chi connectivity index (χ1n) is 9.56. The van der Waals surface area contributed by atoms with Crippen molar-refractivity contribution in [2.75, 3.05) is 5.32 Å². The molecule has 0 aliphatic heterocycles. The first-order valence-corrected chi connectivity index (χ1v) is 9.56. The van der Waals surface area contributed by atoms with Crippen LogP contribution in [0.2, 0.25) is 0 Å². The van der Waals surface area contributed by atoms with E-state index >= 15 is 0 Å². The molecular formula is C25H25N3O. The molecule has 0 bridgehead atoms. The third-order valence-corrected chi connectivity index (χ3v) is 5.02. The second-order valence-corrected chi connectivity index (χ2v) is 7.45. The Morgan fingerprint density at radius 2 is 1.72 bits per heavy atom. The second kappa shape index (κ2) is 8.20. The van der Waals surface area contributed by atoms with Crippen molar-refractivity contribution < 1.29 is 4.79 Å². The average molecular weight is 383 g/mol. The van der Waals surface area contributed by atoms with Crippen molar-refractivity contribution in [3.63, 3.8) is 0 Å². The summed E-state index contributed by atoms with van der Waals surface area (Å²) in [7, 11) is 0. The maximum atomic E-state index is 12.6. The lowest BCUT2D eigenvalue weighted by Gasteiger charge is -2.13. The van der Waals surface area contributed by atoms with Crippen molar-refractivity contribution in [2.24, 2.45) is 0 Å². The molecule has 3 aromatic rings. The summed E-state index contributed by atoms with van der Waals surface area (Å²) in [6, 6.07) is 17.9. The Kier molecular flexibility index (Phi) is 5.70. The fourth-order valence-electron chi connectivity index (χ4n) is 3.49. The van der Waals surface area contributed by atoms with E-state index < -0.39 is 5.91 Å². The molecule has 1 N–H and O–H groups in total. The first kappa shape index (κ1) is 20.2. The zero-order valence-corrected chi connectivity index (χ0v) is 17.5. The van der Waals surface area contributed by atoms with E-state index in [4.69, 9.17) is 0 Å². The smallest absolute Gasteiger partial charge is 0.266 e. The Bertz CT molecular complexity index is 1160. The summed E-state index contributed by atoms with van der Waals surface area (Å²) in [5, 5.41) is 12.4. The summed E-state index contributed by atoms with van der Waals surface area (Å²) in [5.41, 5.74) is 8.18. The highest BCUT2D eigenvalue weighted by Gasteiger charge is 2.15. The van der Waals surface area contributed by atoms with Gasteiger partial charge in [-0.3, -0.25) is 4.79 Å². The molecule has 0 spiro atoms. The Labute approximate surface area is 172 Å². The number of aryl methyl sites for hydroxylation is 4. The monoisotopic (exact) mass is 383 g/mol. The van der Waals surface area contributed by atoms with Crippen LogP contribution in [0.4, 0.5) is 5.69 Å². The Hall–Kier alpha value is -3.58. The number of carbonyl (C=O) groups is 1. The van der Waals surface area contributed by atoms with Gasteiger partial charge in [-0.15, -0.1) is 0 Å². The van der Waals surface area contributed by atoms with Gasteiger partial charge in [-0.05, 0) is 87.2 Å². The van der Waals surface area contributed by atoms with Gasteiger partial charge in [0.05, 0.1) is 0 Å². The van der Waals surface area contributed by atoms with E-state index in [9.17, 15) is 10.1 Å². The minimum atomic E-state index is -0.408. The number of nitrogens with zero attached hydrogens (tertiary/aromatic N) is 2. The number of aromatic nitrogens is 1. The van der Waals surface area contributed by atoms with Gasteiger partial charge in [0.25, 0.3) is 5.91 Å². The number of anilines is 1. The molecule has 0 saturated carbocycles. The third-order valence-electron chi connectivity index (χ3n) is 5.02. The number of amides is 1. The average Bonchev–Trinajstić information content (AvgIpc) is 2.95. The van der Waals surface area contributed by atoms with Crippen LogP contribution < -0.4 is 5.32 Å². The first-order chi connectivity index (χ1) is 13.8. The lowest BCUT2D eigenvalue weighted by Crippen LogP contribution is -2.13. The highest BCUT2D eigenvalue weighted by Crippen LogP contribution is 2.26. The van der Waals surface area contributed by atoms with Crippen molar-refractivity contribution in [2.45, 2.75) is 34.6 Å². The van der Waals surface area contributed by atoms with Crippen LogP contribution in [0.1, 0.15) is 33.6 Å². The van der Waals surface area contributed by atoms with Crippen molar-refractivity contribution >= 4 is 17.7 Å². The van der Waals surface area contributed by atoms with Gasteiger partial charge in [0.2, 0.25) is 0 Å². The third kappa shape index (κ3) is 4.30. The number of nitriles is 1. The Morgan fingerprint density at radius 1 is 1.00 bits per heavy atom. The van der Waals surface area contributed by atoms with Crippen LogP contribution in [0, 0.1) is 45.9 Å². The molecular weight excluding hydrogens is 358 g/mol. The van der Waals surface area contributed by atoms with Crippen LogP contribution in [-0.4, -0.2) is 10.5 Å². The molecule has 0 fully saturated rings. The van der Waals surface area contributed by atoms with E-state index in [-0.39, 0.29) is 5.57 Å². The van der Waals surface area contributed by atoms with Crippen molar-refractivity contribution in [3.8, 4) is 11.8 Å². The molecule has 0 saturated heterocycles. The number of hydrogen-bond acceptors (Lipinski definition) is 2. The Morgan fingerprint density at radius 3 is 2.41 bits per heavy atom. The molecule has 0 radical (unpaired) electrons. The molecule has 2 aromatic carbocycles. The zero-order valence-electron chi connectivity index (χ0n) is 17.5. The number of hydrogen-bond donors (Lipinski definition) is 1. The molecule has 4 nitrogen and oxygen atoms in total. The van der Waals surface area contributed by atoms with Gasteiger partial charge >= 0.3 is 0 Å². The van der Waals surface area contributed by atoms with E-state index in [1.54, 1.807) is 6.08 Å². The summed E-state index contributed by atoms with van der Waals surface area (Å²) in [6.07, 6.45) is 1.66. The van der Waals surface area contributed by atoms with E-state index in [0.717, 1.165) is 28.2 Å². The van der Waals surface area contributed by atoms with Crippen LogP contribution in [0.15, 0.2) is 54.1 Å². The van der Waals surface area contributed by atoms with Crippen LogP contribution in [-0.2, 0) is 4.79 Å². The van der Waals surface area contributed by atoms with E-state index in [2.05, 4.69) is 41.9 Å². The fourth-order valence-corrected chi connectivity index (χ4v) is 3.49. The largest absolute Gasteiger partial charge is 0.321 e. The highest BCUT2D eigenvalue weighted by molar-refractivity contribution is 6.09. The van der Waals surface area contributed by atoms with Crippen LogP contribution in [0.25, 0.3) is 11.8 Å². The SMILES string of the molecule is Cc1cccc(NC(=O)/C(C#N)=C\c2cc(C)n(-c3cc(C)ccc3C)c2C)c1. The van der Waals surface area contributed by atoms with E-state index in [1.807, 2.05) is 57.2 Å². The number of rotatable bonds is 4. The summed E-state index contributed by atoms with van der Waals surface area (Å²) in [6.45, 7) is 10.2. The molecule has 29 heavy (non-hydrogen) atoms. The van der Waals surface area contributed by atoms with Gasteiger partial charge in [0.15, 0.2) is 0 Å². The van der Waals surface area contributed by atoms with Crippen LogP contribution in [0.5, 0.6) is 0 Å². The number of benzene rings is 2. The highest BCUT2D eigenvalue weighted by atomic mass is 16.1. The van der Waals surface area contributed by atoms with Crippen LogP contribution in [0.3, 0.4) is 0 Å². The summed E-state index contributed by atoms with van der Waals surface area (Å²) in [5.74, 6) is -0.408. The van der Waals surface area contributed by atoms with Gasteiger partial charge in [0, 0.05) is 22.8 Å². The predicted octanol–water partition coefficient (Wildman–Crippen LogP) is 5.57. The van der Waals surface area contributed by atoms with Gasteiger partial charge in [-0.1, -0.05) is 24.3 Å². The van der Waals surface area contributed by atoms with E-state index in [1.165, 1.54) is 11.1 Å². The van der Waals surface area contributed by atoms with Crippen molar-refractivity contribution in [3.05, 3.63) is 87.7 Å². The lowest BCUT2D eigenvalue weighted by molar-refractivity contribution is -0.112. The molecule has 1 heterocycles. The molecule has 0 aliphatic rings. The second-order valence-electron chi connectivity index (χ2n) is 7.45. The zero-order chi connectivity index (χ0) is 21.1. The van der Waals surface area contributed by atoms with Crippen molar-refractivity contribution in [1.29, 1.82) is 5.26 Å². The number of carbonyl (C=O) groups excluding carboxylic acids is 1. The van der Waals surface area contributed by atoms with Gasteiger partial charge in [0.1, 0.15) is 11.6 Å². The quantitative estimate of drug-likeness (QED) is 0.473. The summed E-state index contributed by atoms with van der Waals surface area (Å²) >= 11 is 0. The molecule has 4 heteroatoms. The minimum Gasteiger partial charge on any atom is -0.321 e. The molecule has 3 rings (SSSR count). The van der Waals surface area contributed by atoms with Gasteiger partial charge in [-0.2, -0.15) is 5.26 Å². The summed E-state index contributed by atoms with van der Waals surface area (Å²) < 4.78 is 2.17. The maximum absolute atomic E-state index is 12.6. The fraction of sp³-hybridized carbons (Fsp3) is 0.200. The number of nitrogens with one attached hydrogen (secondary N) is 1. The molecule has 1 amide bonds. The predicted molar refractivity (Wildman–Crippen MR) is 118 cm³/mol. The topological polar surface area (TPSA) is 57.8 Å². The lowest BCUT2D eigenvalue weighted by atomic mass is 10.1. The molecule has 0 atom stereocenters. The Balaban J connectivity index is 1.98. The molecule has 1 aromatic heterocycles. The molecule has 0 aliphatic carbocycles. The van der Waals surface area contributed by atoms with Gasteiger partial charge < -0.3 is 9.88 Å². The standard InChI is InChI=1S/C25H25N3O/c1-16-7-6-8-23(11-16)27-25(29)22(15-26)14-21-13-19(4)28(20(21)5)24-12-17(2)9-10-18(24)3/h6-14H,1-5H3,(H,27,29)/b22-14-. The van der Waals surface area contributed by atoms with Gasteiger partial charge in [-0.25, -0.2) is 0 Å². The van der Waals surface area contributed by atoms with E-state index in [0.29, 0.717) is 5.69 Å². The maximum Gasteiger partial charge on any atom is 0.266 e. The van der Waals surface area contributed by atoms with Crippen LogP contribution >= 0.6 is 0 Å². The molecule has 0 unspecified atom stereocenters. The normalized spacial score (nSPS) is 11.2. The van der Waals surface area contributed by atoms with Crippen molar-refractivity contribution in [1.82, 2.24) is 4.57 Å².